The number of phenols is 1. The fraction of sp³-hybridized carbons (Fsp3) is 0. The van der Waals surface area contributed by atoms with E-state index >= 15 is 0 Å². The third-order valence-electron chi connectivity index (χ3n) is 2.08. The summed E-state index contributed by atoms with van der Waals surface area (Å²) in [5.41, 5.74) is 0.674. The van der Waals surface area contributed by atoms with Gasteiger partial charge in [0.2, 0.25) is 12.2 Å². The van der Waals surface area contributed by atoms with Crippen molar-refractivity contribution >= 4 is 11.0 Å². The highest BCUT2D eigenvalue weighted by atomic mass is 16.5. The monoisotopic (exact) mass is 202 g/mol. The van der Waals surface area contributed by atoms with Gasteiger partial charge < -0.3 is 14.0 Å². The van der Waals surface area contributed by atoms with Gasteiger partial charge in [-0.1, -0.05) is 5.16 Å². The lowest BCUT2D eigenvalue weighted by molar-refractivity contribution is 0.417. The Morgan fingerprint density at radius 1 is 1.20 bits per heavy atom. The van der Waals surface area contributed by atoms with Gasteiger partial charge in [0.15, 0.2) is 5.76 Å². The molecule has 0 spiro atoms. The Bertz CT molecular complexity index is 598. The zero-order valence-electron chi connectivity index (χ0n) is 7.54. The first-order valence-corrected chi connectivity index (χ1v) is 4.32. The molecule has 0 aliphatic rings. The van der Waals surface area contributed by atoms with Gasteiger partial charge in [0, 0.05) is 5.39 Å². The van der Waals surface area contributed by atoms with Crippen molar-refractivity contribution in [3.05, 3.63) is 30.7 Å². The molecule has 0 atom stereocenters. The lowest BCUT2D eigenvalue weighted by Gasteiger charge is -1.88. The Kier molecular flexibility index (Phi) is 1.53. The Morgan fingerprint density at radius 3 is 2.93 bits per heavy atom. The normalized spacial score (nSPS) is 10.9. The molecule has 74 valence electrons. The van der Waals surface area contributed by atoms with Crippen LogP contribution in [0.1, 0.15) is 0 Å². The Labute approximate surface area is 83.9 Å². The average molecular weight is 202 g/mol. The second-order valence-electron chi connectivity index (χ2n) is 3.09. The van der Waals surface area contributed by atoms with E-state index < -0.39 is 0 Å². The van der Waals surface area contributed by atoms with Crippen LogP contribution in [0.4, 0.5) is 0 Å². The van der Waals surface area contributed by atoms with Crippen LogP contribution in [0.25, 0.3) is 22.6 Å². The second kappa shape index (κ2) is 2.84. The number of nitrogens with zero attached hydrogens (tertiary/aromatic N) is 2. The van der Waals surface area contributed by atoms with Gasteiger partial charge in [-0.15, -0.1) is 0 Å². The van der Waals surface area contributed by atoms with Gasteiger partial charge in [-0.3, -0.25) is 0 Å². The maximum Gasteiger partial charge on any atom is 0.237 e. The van der Waals surface area contributed by atoms with Crippen molar-refractivity contribution in [2.24, 2.45) is 0 Å². The number of fused-ring (bicyclic) bond motifs is 1. The van der Waals surface area contributed by atoms with Gasteiger partial charge >= 0.3 is 0 Å². The number of hydrogen-bond acceptors (Lipinski definition) is 5. The van der Waals surface area contributed by atoms with Crippen LogP contribution >= 0.6 is 0 Å². The summed E-state index contributed by atoms with van der Waals surface area (Å²) in [6, 6.07) is 6.61. The molecule has 0 radical (unpaired) electrons. The number of benzene rings is 1. The molecule has 1 aromatic carbocycles. The molecule has 5 nitrogen and oxygen atoms in total. The van der Waals surface area contributed by atoms with Crippen molar-refractivity contribution in [1.29, 1.82) is 0 Å². The van der Waals surface area contributed by atoms with E-state index in [1.54, 1.807) is 24.3 Å². The molecule has 0 aliphatic heterocycles. The Hall–Kier alpha value is -2.30. The van der Waals surface area contributed by atoms with E-state index in [1.165, 1.54) is 6.39 Å². The highest BCUT2D eigenvalue weighted by Crippen LogP contribution is 2.27. The molecule has 2 heterocycles. The maximum absolute atomic E-state index is 9.28. The lowest BCUT2D eigenvalue weighted by atomic mass is 10.2. The highest BCUT2D eigenvalue weighted by Gasteiger charge is 2.10. The van der Waals surface area contributed by atoms with Crippen molar-refractivity contribution < 1.29 is 14.0 Å². The number of aromatic hydroxyl groups is 1. The lowest BCUT2D eigenvalue weighted by Crippen LogP contribution is -1.73. The molecule has 0 unspecified atom stereocenters. The third kappa shape index (κ3) is 1.25. The van der Waals surface area contributed by atoms with Crippen molar-refractivity contribution in [2.75, 3.05) is 0 Å². The number of rotatable bonds is 1. The largest absolute Gasteiger partial charge is 0.508 e. The SMILES string of the molecule is Oc1ccc2oc(-c3ncon3)cc2c1. The minimum atomic E-state index is 0.197. The van der Waals surface area contributed by atoms with Crippen molar-refractivity contribution in [3.63, 3.8) is 0 Å². The number of phenolic OH excluding ortho intramolecular Hbond substituents is 1. The molecule has 3 aromatic rings. The molecule has 3 rings (SSSR count). The summed E-state index contributed by atoms with van der Waals surface area (Å²) in [5, 5.41) is 13.7. The number of furan rings is 1. The highest BCUT2D eigenvalue weighted by molar-refractivity contribution is 5.82. The van der Waals surface area contributed by atoms with Crippen LogP contribution in [-0.2, 0) is 0 Å². The number of hydrogen-bond donors (Lipinski definition) is 1. The molecule has 0 aliphatic carbocycles. The predicted molar refractivity (Wildman–Crippen MR) is 51.2 cm³/mol. The summed E-state index contributed by atoms with van der Waals surface area (Å²) in [4.78, 5) is 3.87. The van der Waals surface area contributed by atoms with Crippen LogP contribution in [0.5, 0.6) is 5.75 Å². The summed E-state index contributed by atoms with van der Waals surface area (Å²) >= 11 is 0. The van der Waals surface area contributed by atoms with Gasteiger partial charge in [0.25, 0.3) is 0 Å². The predicted octanol–water partition coefficient (Wildman–Crippen LogP) is 2.19. The molecular formula is C10H6N2O3. The second-order valence-corrected chi connectivity index (χ2v) is 3.09. The Morgan fingerprint density at radius 2 is 2.13 bits per heavy atom. The van der Waals surface area contributed by atoms with E-state index in [1.807, 2.05) is 0 Å². The first kappa shape index (κ1) is 8.05. The van der Waals surface area contributed by atoms with Crippen LogP contribution in [-0.4, -0.2) is 15.2 Å². The molecule has 0 saturated heterocycles. The molecule has 2 aromatic heterocycles. The molecule has 1 N–H and O–H groups in total. The quantitative estimate of drug-likeness (QED) is 0.654. The van der Waals surface area contributed by atoms with Crippen LogP contribution in [0, 0.1) is 0 Å². The summed E-state index contributed by atoms with van der Waals surface area (Å²) in [5.74, 6) is 1.11. The van der Waals surface area contributed by atoms with E-state index in [0.29, 0.717) is 17.2 Å². The molecule has 0 amide bonds. The smallest absolute Gasteiger partial charge is 0.237 e. The molecule has 0 fully saturated rings. The average Bonchev–Trinajstić information content (AvgIpc) is 2.84. The van der Waals surface area contributed by atoms with E-state index in [9.17, 15) is 5.11 Å². The van der Waals surface area contributed by atoms with Gasteiger partial charge in [-0.2, -0.15) is 4.98 Å². The topological polar surface area (TPSA) is 72.3 Å². The summed E-state index contributed by atoms with van der Waals surface area (Å²) in [7, 11) is 0. The fourth-order valence-corrected chi connectivity index (χ4v) is 1.42. The molecule has 0 saturated carbocycles. The Balaban J connectivity index is 2.22. The van der Waals surface area contributed by atoms with Gasteiger partial charge in [-0.05, 0) is 24.3 Å². The van der Waals surface area contributed by atoms with Crippen molar-refractivity contribution in [2.45, 2.75) is 0 Å². The number of aromatic nitrogens is 2. The first-order chi connectivity index (χ1) is 7.33. The van der Waals surface area contributed by atoms with E-state index in [4.69, 9.17) is 4.42 Å². The van der Waals surface area contributed by atoms with E-state index in [2.05, 4.69) is 14.7 Å². The zero-order valence-corrected chi connectivity index (χ0v) is 7.54. The molecular weight excluding hydrogens is 196 g/mol. The summed E-state index contributed by atoms with van der Waals surface area (Å²) in [6.45, 7) is 0. The van der Waals surface area contributed by atoms with E-state index in [0.717, 1.165) is 5.39 Å². The van der Waals surface area contributed by atoms with Crippen LogP contribution in [0.3, 0.4) is 0 Å². The minimum Gasteiger partial charge on any atom is -0.508 e. The van der Waals surface area contributed by atoms with Gasteiger partial charge in [0.05, 0.1) is 0 Å². The molecule has 5 heteroatoms. The summed E-state index contributed by atoms with van der Waals surface area (Å²) in [6.07, 6.45) is 1.24. The fourth-order valence-electron chi connectivity index (χ4n) is 1.42. The van der Waals surface area contributed by atoms with Crippen LogP contribution in [0.15, 0.2) is 39.6 Å². The van der Waals surface area contributed by atoms with Crippen molar-refractivity contribution in [3.8, 4) is 17.3 Å². The molecule has 15 heavy (non-hydrogen) atoms. The van der Waals surface area contributed by atoms with E-state index in [-0.39, 0.29) is 5.75 Å². The maximum atomic E-state index is 9.28. The van der Waals surface area contributed by atoms with Crippen LogP contribution < -0.4 is 0 Å². The van der Waals surface area contributed by atoms with Crippen molar-refractivity contribution in [1.82, 2.24) is 10.1 Å². The van der Waals surface area contributed by atoms with Gasteiger partial charge in [0.1, 0.15) is 11.3 Å². The van der Waals surface area contributed by atoms with Gasteiger partial charge in [-0.25, -0.2) is 0 Å². The molecule has 0 bridgehead atoms. The summed E-state index contributed by atoms with van der Waals surface area (Å²) < 4.78 is 10.1. The first-order valence-electron chi connectivity index (χ1n) is 4.32. The van der Waals surface area contributed by atoms with Crippen LogP contribution in [0.2, 0.25) is 0 Å². The third-order valence-corrected chi connectivity index (χ3v) is 2.08. The minimum absolute atomic E-state index is 0.197. The standard InChI is InChI=1S/C10H6N2O3/c13-7-1-2-8-6(3-7)4-9(15-8)10-11-5-14-12-10/h1-5,13H. The zero-order chi connectivity index (χ0) is 10.3.